The zero-order valence-electron chi connectivity index (χ0n) is 36.3. The standard InChI is InChI=1S/C24H19Cl2F3N4O.C15H10Cl2F3N3O2.C9H11N/c1-12-21(23(34)31-18-9-7-13-4-2-3-5-15(13)18)22(14-6-8-16(25)17(26)10-14)33-20(30-12)11-19(32-33)24(27,28)29;1-6-12(14(24)25)13(7-2-3-8(16)9(17)4-7)23-11(21-6)5-10(22-23)15(18,19)20;10-9-6-5-7-3-1-2-4-8(7)9/h2-6,8,10-11,18,22,30H,7,9H2,1H3,(H,31,34);2-5,13,21H,1H3,(H,24,25);1-4,9H,5-6,10H2/t18-,22?;;9-/m1.1/s1. The molecular formula is C48H40Cl4F6N8O3. The van der Waals surface area contributed by atoms with Gasteiger partial charge in [-0.2, -0.15) is 36.5 Å². The number of nitrogens with zero attached hydrogens (tertiary/aromatic N) is 4. The Morgan fingerprint density at radius 1 is 0.652 bits per heavy atom. The number of amides is 1. The number of nitrogens with one attached hydrogen (secondary N) is 3. The quantitative estimate of drug-likeness (QED) is 0.107. The molecule has 0 saturated carbocycles. The summed E-state index contributed by atoms with van der Waals surface area (Å²) in [5.74, 6) is -1.51. The van der Waals surface area contributed by atoms with Gasteiger partial charge in [-0.15, -0.1) is 0 Å². The lowest BCUT2D eigenvalue weighted by atomic mass is 9.94. The molecule has 6 N–H and O–H groups in total. The number of aryl methyl sites for hydroxylation is 2. The number of hydrogen-bond acceptors (Lipinski definition) is 7. The van der Waals surface area contributed by atoms with E-state index in [4.69, 9.17) is 52.1 Å². The monoisotopic (exact) mass is 1030 g/mol. The molecule has 2 unspecified atom stereocenters. The highest BCUT2D eigenvalue weighted by Gasteiger charge is 2.42. The number of benzene rings is 4. The number of allylic oxidation sites excluding steroid dienone is 2. The highest BCUT2D eigenvalue weighted by Crippen LogP contribution is 2.43. The number of anilines is 2. The number of halogens is 10. The van der Waals surface area contributed by atoms with Crippen molar-refractivity contribution in [1.82, 2.24) is 24.9 Å². The van der Waals surface area contributed by atoms with Crippen molar-refractivity contribution in [1.29, 1.82) is 0 Å². The van der Waals surface area contributed by atoms with Crippen LogP contribution in [0.4, 0.5) is 38.0 Å². The Morgan fingerprint density at radius 3 is 1.58 bits per heavy atom. The Balaban J connectivity index is 0.000000159. The molecule has 4 aromatic carbocycles. The van der Waals surface area contributed by atoms with Crippen LogP contribution in [0.3, 0.4) is 0 Å². The van der Waals surface area contributed by atoms with E-state index in [1.54, 1.807) is 25.1 Å². The molecule has 0 spiro atoms. The first-order chi connectivity index (χ1) is 32.6. The van der Waals surface area contributed by atoms with Gasteiger partial charge in [-0.25, -0.2) is 14.2 Å². The van der Waals surface area contributed by atoms with Gasteiger partial charge in [-0.3, -0.25) is 4.79 Å². The van der Waals surface area contributed by atoms with Crippen molar-refractivity contribution in [2.45, 2.75) is 76.1 Å². The Kier molecular flexibility index (Phi) is 13.9. The second-order valence-electron chi connectivity index (χ2n) is 16.6. The number of fused-ring (bicyclic) bond motifs is 4. The Bertz CT molecular complexity index is 3060. The largest absolute Gasteiger partial charge is 0.478 e. The lowest BCUT2D eigenvalue weighted by molar-refractivity contribution is -0.142. The maximum absolute atomic E-state index is 13.6. The molecule has 4 atom stereocenters. The molecule has 10 rings (SSSR count). The van der Waals surface area contributed by atoms with Gasteiger partial charge < -0.3 is 26.8 Å². The van der Waals surface area contributed by atoms with Gasteiger partial charge in [-0.05, 0) is 97.2 Å². The lowest BCUT2D eigenvalue weighted by Gasteiger charge is -2.30. The molecule has 69 heavy (non-hydrogen) atoms. The van der Waals surface area contributed by atoms with Gasteiger partial charge in [0.1, 0.15) is 23.7 Å². The predicted molar refractivity (Wildman–Crippen MR) is 251 cm³/mol. The Hall–Kier alpha value is -5.98. The van der Waals surface area contributed by atoms with Crippen molar-refractivity contribution in [3.8, 4) is 0 Å². The van der Waals surface area contributed by atoms with Crippen LogP contribution in [0.5, 0.6) is 0 Å². The third kappa shape index (κ3) is 10.2. The molecule has 11 nitrogen and oxygen atoms in total. The summed E-state index contributed by atoms with van der Waals surface area (Å²) in [5, 5.41) is 26.5. The van der Waals surface area contributed by atoms with Gasteiger partial charge in [0.2, 0.25) is 0 Å². The van der Waals surface area contributed by atoms with Gasteiger partial charge in [0.15, 0.2) is 11.4 Å². The van der Waals surface area contributed by atoms with Crippen LogP contribution < -0.4 is 21.7 Å². The van der Waals surface area contributed by atoms with Crippen molar-refractivity contribution in [3.05, 3.63) is 184 Å². The van der Waals surface area contributed by atoms with Crippen LogP contribution in [-0.2, 0) is 34.8 Å². The number of alkyl halides is 6. The van der Waals surface area contributed by atoms with E-state index in [2.05, 4.69) is 50.4 Å². The molecule has 360 valence electrons. The van der Waals surface area contributed by atoms with E-state index in [1.807, 2.05) is 24.3 Å². The van der Waals surface area contributed by atoms with Gasteiger partial charge in [0, 0.05) is 29.6 Å². The van der Waals surface area contributed by atoms with Crippen LogP contribution in [0.1, 0.15) is 95.6 Å². The number of rotatable bonds is 5. The number of aromatic nitrogens is 4. The van der Waals surface area contributed by atoms with Gasteiger partial charge in [-0.1, -0.05) is 107 Å². The molecule has 0 bridgehead atoms. The molecule has 1 amide bonds. The van der Waals surface area contributed by atoms with Gasteiger partial charge >= 0.3 is 18.3 Å². The van der Waals surface area contributed by atoms with E-state index in [0.717, 1.165) is 48.1 Å². The molecular weight excluding hydrogens is 992 g/mol. The lowest BCUT2D eigenvalue weighted by Crippen LogP contribution is -2.36. The zero-order valence-corrected chi connectivity index (χ0v) is 39.3. The topological polar surface area (TPSA) is 152 Å². The molecule has 2 aromatic heterocycles. The maximum atomic E-state index is 13.6. The Morgan fingerprint density at radius 2 is 1.10 bits per heavy atom. The smallest absolute Gasteiger partial charge is 0.435 e. The van der Waals surface area contributed by atoms with E-state index in [0.29, 0.717) is 27.9 Å². The fraction of sp³-hybridized carbons (Fsp3) is 0.250. The van der Waals surface area contributed by atoms with Crippen LogP contribution in [0.15, 0.2) is 120 Å². The van der Waals surface area contributed by atoms with E-state index in [9.17, 15) is 41.0 Å². The summed E-state index contributed by atoms with van der Waals surface area (Å²) in [4.78, 5) is 25.3. The van der Waals surface area contributed by atoms with Crippen LogP contribution in [0.2, 0.25) is 20.1 Å². The Labute approximate surface area is 410 Å². The summed E-state index contributed by atoms with van der Waals surface area (Å²) in [7, 11) is 0. The second-order valence-corrected chi connectivity index (χ2v) is 18.2. The summed E-state index contributed by atoms with van der Waals surface area (Å²) >= 11 is 24.1. The van der Waals surface area contributed by atoms with E-state index in [1.165, 1.54) is 46.5 Å². The third-order valence-corrected chi connectivity index (χ3v) is 13.6. The SMILES string of the molecule is CC1=C(C(=O)N[C@@H]2CCc3ccccc32)C(c2ccc(Cl)c(Cl)c2)n2nc(C(F)(F)F)cc2N1.CC1=C(C(=O)O)C(c2ccc(Cl)c(Cl)c2)n2nc(C(F)(F)F)cc2N1.N[C@@H]1CCc2ccccc21. The van der Waals surface area contributed by atoms with Crippen molar-refractivity contribution < 1.29 is 41.0 Å². The van der Waals surface area contributed by atoms with E-state index >= 15 is 0 Å². The fourth-order valence-electron chi connectivity index (χ4n) is 8.91. The number of carbonyl (C=O) groups is 2. The minimum Gasteiger partial charge on any atom is -0.478 e. The summed E-state index contributed by atoms with van der Waals surface area (Å²) in [6.45, 7) is 3.13. The minimum atomic E-state index is -4.66. The van der Waals surface area contributed by atoms with Crippen LogP contribution in [0.25, 0.3) is 0 Å². The number of nitrogens with two attached hydrogens (primary N) is 1. The first-order valence-electron chi connectivity index (χ1n) is 21.2. The van der Waals surface area contributed by atoms with Gasteiger partial charge in [0.05, 0.1) is 37.3 Å². The third-order valence-electron chi connectivity index (χ3n) is 12.1. The predicted octanol–water partition coefficient (Wildman–Crippen LogP) is 12.5. The van der Waals surface area contributed by atoms with E-state index < -0.39 is 47.7 Å². The fourth-order valence-corrected chi connectivity index (χ4v) is 9.52. The first kappa shape index (κ1) is 49.4. The number of carboxylic acids is 1. The minimum absolute atomic E-state index is 0.0332. The number of hydrogen-bond donors (Lipinski definition) is 5. The zero-order chi connectivity index (χ0) is 49.7. The molecule has 2 aliphatic carbocycles. The van der Waals surface area contributed by atoms with Crippen LogP contribution >= 0.6 is 46.4 Å². The first-order valence-corrected chi connectivity index (χ1v) is 22.8. The second kappa shape index (κ2) is 19.4. The van der Waals surface area contributed by atoms with Crippen molar-refractivity contribution >= 4 is 69.9 Å². The number of carboxylic acid groups (broad SMARTS) is 1. The summed E-state index contributed by atoms with van der Waals surface area (Å²) in [6.07, 6.45) is -5.43. The highest BCUT2D eigenvalue weighted by atomic mass is 35.5. The van der Waals surface area contributed by atoms with Crippen molar-refractivity contribution in [2.75, 3.05) is 10.6 Å². The highest BCUT2D eigenvalue weighted by molar-refractivity contribution is 6.42. The molecule has 21 heteroatoms. The van der Waals surface area contributed by atoms with Gasteiger partial charge in [0.25, 0.3) is 5.91 Å². The molecule has 4 aliphatic rings. The summed E-state index contributed by atoms with van der Waals surface area (Å²) < 4.78 is 81.5. The average Bonchev–Trinajstić information content (AvgIpc) is 4.11. The maximum Gasteiger partial charge on any atom is 0.435 e. The molecule has 6 aromatic rings. The van der Waals surface area contributed by atoms with Crippen molar-refractivity contribution in [2.24, 2.45) is 5.73 Å². The summed E-state index contributed by atoms with van der Waals surface area (Å²) in [5.41, 5.74) is 10.3. The molecule has 0 radical (unpaired) electrons. The number of carbonyl (C=O) groups excluding carboxylic acids is 1. The van der Waals surface area contributed by atoms with Crippen LogP contribution in [-0.4, -0.2) is 36.5 Å². The normalized spacial score (nSPS) is 19.1. The molecule has 0 fully saturated rings. The molecule has 0 saturated heterocycles. The molecule has 4 heterocycles. The molecule has 2 aliphatic heterocycles. The van der Waals surface area contributed by atoms with Crippen molar-refractivity contribution in [3.63, 3.8) is 0 Å². The average molecular weight is 1030 g/mol. The summed E-state index contributed by atoms with van der Waals surface area (Å²) in [6, 6.07) is 25.3. The van der Waals surface area contributed by atoms with Crippen LogP contribution in [0, 0.1) is 0 Å². The number of aliphatic carboxylic acids is 1. The van der Waals surface area contributed by atoms with E-state index in [-0.39, 0.29) is 49.6 Å².